The van der Waals surface area contributed by atoms with Crippen LogP contribution >= 0.6 is 23.4 Å². The third-order valence-electron chi connectivity index (χ3n) is 6.35. The molecule has 0 aromatic heterocycles. The second-order valence-electron chi connectivity index (χ2n) is 7.95. The molecule has 2 aliphatic carbocycles. The van der Waals surface area contributed by atoms with E-state index in [1.54, 1.807) is 0 Å². The molecule has 1 saturated heterocycles. The summed E-state index contributed by atoms with van der Waals surface area (Å²) < 4.78 is 0. The predicted octanol–water partition coefficient (Wildman–Crippen LogP) is 3.99. The van der Waals surface area contributed by atoms with Gasteiger partial charge in [0.2, 0.25) is 5.91 Å². The Balaban J connectivity index is 1.49. The lowest BCUT2D eigenvalue weighted by atomic mass is 9.65. The molecule has 1 aromatic carbocycles. The first-order valence-electron chi connectivity index (χ1n) is 9.80. The first-order valence-corrected chi connectivity index (χ1v) is 11.3. The Morgan fingerprint density at radius 3 is 2.58 bits per heavy atom. The summed E-state index contributed by atoms with van der Waals surface area (Å²) >= 11 is 8.21. The van der Waals surface area contributed by atoms with E-state index >= 15 is 0 Å². The summed E-state index contributed by atoms with van der Waals surface area (Å²) in [4.78, 5) is 15.4. The molecule has 4 nitrogen and oxygen atoms in total. The monoisotopic (exact) mass is 393 g/mol. The molecule has 0 spiro atoms. The first-order chi connectivity index (χ1) is 12.6. The van der Waals surface area contributed by atoms with E-state index in [2.05, 4.69) is 10.2 Å². The zero-order chi connectivity index (χ0) is 18.1. The van der Waals surface area contributed by atoms with Crippen molar-refractivity contribution < 1.29 is 4.79 Å². The number of benzene rings is 1. The van der Waals surface area contributed by atoms with Gasteiger partial charge in [0.1, 0.15) is 0 Å². The predicted molar refractivity (Wildman–Crippen MR) is 111 cm³/mol. The number of nitrogens with one attached hydrogen (secondary N) is 1. The first kappa shape index (κ1) is 18.5. The van der Waals surface area contributed by atoms with Crippen molar-refractivity contribution in [2.24, 2.45) is 23.5 Å². The van der Waals surface area contributed by atoms with Gasteiger partial charge in [-0.1, -0.05) is 18.0 Å². The number of amides is 1. The maximum Gasteiger partial charge on any atom is 0.227 e. The maximum absolute atomic E-state index is 13.0. The van der Waals surface area contributed by atoms with Gasteiger partial charge < -0.3 is 16.0 Å². The van der Waals surface area contributed by atoms with Crippen molar-refractivity contribution in [2.75, 3.05) is 34.8 Å². The average Bonchev–Trinajstić information content (AvgIpc) is 2.62. The average molecular weight is 394 g/mol. The number of thioether (sulfide) groups is 1. The molecule has 3 fully saturated rings. The van der Waals surface area contributed by atoms with Gasteiger partial charge in [0.15, 0.2) is 0 Å². The molecule has 2 bridgehead atoms. The van der Waals surface area contributed by atoms with E-state index < -0.39 is 0 Å². The topological polar surface area (TPSA) is 58.4 Å². The third-order valence-corrected chi connectivity index (χ3v) is 7.53. The van der Waals surface area contributed by atoms with Crippen LogP contribution in [-0.2, 0) is 4.79 Å². The summed E-state index contributed by atoms with van der Waals surface area (Å²) in [6.45, 7) is 2.02. The zero-order valence-corrected chi connectivity index (χ0v) is 16.7. The van der Waals surface area contributed by atoms with Crippen LogP contribution in [0, 0.1) is 17.8 Å². The van der Waals surface area contributed by atoms with Crippen LogP contribution in [0.4, 0.5) is 11.4 Å². The molecule has 6 heteroatoms. The van der Waals surface area contributed by atoms with Gasteiger partial charge >= 0.3 is 0 Å². The van der Waals surface area contributed by atoms with Crippen LogP contribution in [0.1, 0.15) is 32.1 Å². The van der Waals surface area contributed by atoms with Crippen LogP contribution in [0.5, 0.6) is 0 Å². The summed E-state index contributed by atoms with van der Waals surface area (Å²) in [6.07, 6.45) is 5.48. The number of carbonyl (C=O) groups excluding carboxylic acids is 1. The summed E-state index contributed by atoms with van der Waals surface area (Å²) in [5.74, 6) is 3.49. The molecule has 1 heterocycles. The number of carbonyl (C=O) groups is 1. The summed E-state index contributed by atoms with van der Waals surface area (Å²) in [7, 11) is 0. The minimum atomic E-state index is 0.0776. The standard InChI is InChI=1S/C20H28ClN3OS/c21-16-4-5-18(24-6-8-26-9-7-24)17(12-16)23-20(25)15-10-13-2-1-3-14(11-15)19(13)22/h4-5,12-15,19H,1-3,6-11,22H2,(H,23,25). The van der Waals surface area contributed by atoms with Crippen molar-refractivity contribution in [3.63, 3.8) is 0 Å². The number of rotatable bonds is 3. The molecule has 1 aliphatic heterocycles. The fraction of sp³-hybridized carbons (Fsp3) is 0.650. The van der Waals surface area contributed by atoms with Crippen molar-refractivity contribution in [2.45, 2.75) is 38.1 Å². The van der Waals surface area contributed by atoms with Crippen LogP contribution in [0.3, 0.4) is 0 Å². The van der Waals surface area contributed by atoms with Crippen molar-refractivity contribution in [1.82, 2.24) is 0 Å². The molecule has 1 aromatic rings. The number of anilines is 2. The molecular formula is C20H28ClN3OS. The summed E-state index contributed by atoms with van der Waals surface area (Å²) in [5, 5.41) is 3.87. The van der Waals surface area contributed by atoms with Crippen molar-refractivity contribution in [1.29, 1.82) is 0 Å². The molecule has 26 heavy (non-hydrogen) atoms. The summed E-state index contributed by atoms with van der Waals surface area (Å²) in [6, 6.07) is 6.14. The molecule has 2 atom stereocenters. The van der Waals surface area contributed by atoms with E-state index in [1.807, 2.05) is 30.0 Å². The van der Waals surface area contributed by atoms with Gasteiger partial charge in [-0.25, -0.2) is 0 Å². The van der Waals surface area contributed by atoms with Crippen molar-refractivity contribution in [3.8, 4) is 0 Å². The lowest BCUT2D eigenvalue weighted by molar-refractivity contribution is -0.122. The second-order valence-corrected chi connectivity index (χ2v) is 9.61. The highest BCUT2D eigenvalue weighted by molar-refractivity contribution is 7.99. The molecule has 4 rings (SSSR count). The molecule has 3 aliphatic rings. The van der Waals surface area contributed by atoms with Crippen molar-refractivity contribution in [3.05, 3.63) is 23.2 Å². The quantitative estimate of drug-likeness (QED) is 0.815. The van der Waals surface area contributed by atoms with Gasteiger partial charge in [0, 0.05) is 41.6 Å². The zero-order valence-electron chi connectivity index (χ0n) is 15.1. The van der Waals surface area contributed by atoms with Crippen LogP contribution in [0.25, 0.3) is 0 Å². The number of hydrogen-bond donors (Lipinski definition) is 2. The van der Waals surface area contributed by atoms with Crippen LogP contribution in [0.15, 0.2) is 18.2 Å². The molecule has 0 radical (unpaired) electrons. The highest BCUT2D eigenvalue weighted by atomic mass is 35.5. The normalized spacial score (nSPS) is 31.5. The Kier molecular flexibility index (Phi) is 5.67. The van der Waals surface area contributed by atoms with Crippen LogP contribution in [-0.4, -0.2) is 36.5 Å². The molecule has 2 unspecified atom stereocenters. The minimum absolute atomic E-state index is 0.0776. The van der Waals surface area contributed by atoms with E-state index in [1.165, 1.54) is 19.3 Å². The Morgan fingerprint density at radius 2 is 1.88 bits per heavy atom. The van der Waals surface area contributed by atoms with E-state index in [4.69, 9.17) is 17.3 Å². The van der Waals surface area contributed by atoms with Gasteiger partial charge in [0.05, 0.1) is 11.4 Å². The summed E-state index contributed by atoms with van der Waals surface area (Å²) in [5.41, 5.74) is 8.33. The molecule has 142 valence electrons. The highest BCUT2D eigenvalue weighted by Gasteiger charge is 2.40. The van der Waals surface area contributed by atoms with Crippen LogP contribution in [0.2, 0.25) is 5.02 Å². The third kappa shape index (κ3) is 3.85. The minimum Gasteiger partial charge on any atom is -0.368 e. The van der Waals surface area contributed by atoms with E-state index in [9.17, 15) is 4.79 Å². The lowest BCUT2D eigenvalue weighted by Crippen LogP contribution is -2.48. The highest BCUT2D eigenvalue weighted by Crippen LogP contribution is 2.42. The lowest BCUT2D eigenvalue weighted by Gasteiger charge is -2.43. The Hall–Kier alpha value is -0.910. The smallest absolute Gasteiger partial charge is 0.227 e. The van der Waals surface area contributed by atoms with Crippen LogP contribution < -0.4 is 16.0 Å². The molecule has 3 N–H and O–H groups in total. The number of nitrogens with two attached hydrogens (primary N) is 1. The van der Waals surface area contributed by atoms with Gasteiger partial charge in [-0.2, -0.15) is 11.8 Å². The van der Waals surface area contributed by atoms with Crippen molar-refractivity contribution >= 4 is 40.6 Å². The molecule has 1 amide bonds. The van der Waals surface area contributed by atoms with E-state index in [0.29, 0.717) is 22.9 Å². The largest absolute Gasteiger partial charge is 0.368 e. The molecular weight excluding hydrogens is 366 g/mol. The van der Waals surface area contributed by atoms with Gasteiger partial charge in [-0.05, 0) is 55.7 Å². The molecule has 2 saturated carbocycles. The maximum atomic E-state index is 13.0. The number of hydrogen-bond acceptors (Lipinski definition) is 4. The fourth-order valence-electron chi connectivity index (χ4n) is 4.93. The fourth-order valence-corrected chi connectivity index (χ4v) is 6.00. The number of halogens is 1. The Labute approximate surface area is 165 Å². The second kappa shape index (κ2) is 7.99. The van der Waals surface area contributed by atoms with Gasteiger partial charge in [-0.15, -0.1) is 0 Å². The Morgan fingerprint density at radius 1 is 1.19 bits per heavy atom. The van der Waals surface area contributed by atoms with E-state index in [-0.39, 0.29) is 11.8 Å². The van der Waals surface area contributed by atoms with Gasteiger partial charge in [0.25, 0.3) is 0 Å². The van der Waals surface area contributed by atoms with E-state index in [0.717, 1.165) is 48.8 Å². The van der Waals surface area contributed by atoms with Gasteiger partial charge in [-0.3, -0.25) is 4.79 Å². The Bertz CT molecular complexity index is 650. The number of nitrogens with zero attached hydrogens (tertiary/aromatic N) is 1. The SMILES string of the molecule is NC1C2CCCC1CC(C(=O)Nc1cc(Cl)ccc1N1CCSCC1)C2. The number of fused-ring (bicyclic) bond motifs is 2.